The van der Waals surface area contributed by atoms with Crippen LogP contribution >= 0.6 is 11.6 Å². The second-order valence-corrected chi connectivity index (χ2v) is 6.28. The van der Waals surface area contributed by atoms with Gasteiger partial charge in [-0.1, -0.05) is 35.9 Å². The molecule has 3 rings (SSSR count). The number of nitrogens with one attached hydrogen (secondary N) is 1. The zero-order chi connectivity index (χ0) is 18.5. The van der Waals surface area contributed by atoms with Crippen molar-refractivity contribution in [2.24, 2.45) is 0 Å². The quantitative estimate of drug-likeness (QED) is 0.693. The second kappa shape index (κ2) is 8.06. The predicted molar refractivity (Wildman–Crippen MR) is 103 cm³/mol. The van der Waals surface area contributed by atoms with E-state index in [0.29, 0.717) is 35.3 Å². The van der Waals surface area contributed by atoms with Gasteiger partial charge in [-0.25, -0.2) is 0 Å². The van der Waals surface area contributed by atoms with Crippen molar-refractivity contribution in [1.82, 2.24) is 9.78 Å². The first-order valence-corrected chi connectivity index (χ1v) is 8.76. The van der Waals surface area contributed by atoms with Crippen LogP contribution in [0.4, 0.5) is 5.82 Å². The SMILES string of the molecule is CCOc1ccccc1C(=O)Nc1cc(C)n(Cc2cccc(Cl)c2)n1. The van der Waals surface area contributed by atoms with E-state index >= 15 is 0 Å². The van der Waals surface area contributed by atoms with Gasteiger partial charge >= 0.3 is 0 Å². The molecular formula is C20H20ClN3O2. The topological polar surface area (TPSA) is 56.1 Å². The fourth-order valence-electron chi connectivity index (χ4n) is 2.66. The number of hydrogen-bond acceptors (Lipinski definition) is 3. The lowest BCUT2D eigenvalue weighted by Gasteiger charge is -2.09. The highest BCUT2D eigenvalue weighted by atomic mass is 35.5. The van der Waals surface area contributed by atoms with Crippen molar-refractivity contribution in [3.8, 4) is 5.75 Å². The number of amides is 1. The van der Waals surface area contributed by atoms with Crippen LogP contribution in [0, 0.1) is 6.92 Å². The summed E-state index contributed by atoms with van der Waals surface area (Å²) >= 11 is 6.03. The van der Waals surface area contributed by atoms with Gasteiger partial charge in [0, 0.05) is 16.8 Å². The highest BCUT2D eigenvalue weighted by Crippen LogP contribution is 2.20. The van der Waals surface area contributed by atoms with Crippen molar-refractivity contribution in [3.05, 3.63) is 76.4 Å². The highest BCUT2D eigenvalue weighted by molar-refractivity contribution is 6.30. The number of halogens is 1. The lowest BCUT2D eigenvalue weighted by molar-refractivity contribution is 0.102. The summed E-state index contributed by atoms with van der Waals surface area (Å²) in [5.41, 5.74) is 2.47. The molecule has 6 heteroatoms. The zero-order valence-corrected chi connectivity index (χ0v) is 15.5. The Balaban J connectivity index is 1.76. The van der Waals surface area contributed by atoms with Crippen LogP contribution in [0.25, 0.3) is 0 Å². The van der Waals surface area contributed by atoms with E-state index in [4.69, 9.17) is 16.3 Å². The van der Waals surface area contributed by atoms with Crippen LogP contribution < -0.4 is 10.1 Å². The molecule has 0 spiro atoms. The molecule has 3 aromatic rings. The average Bonchev–Trinajstić information content (AvgIpc) is 2.94. The van der Waals surface area contributed by atoms with Gasteiger partial charge in [0.15, 0.2) is 5.82 Å². The summed E-state index contributed by atoms with van der Waals surface area (Å²) in [6.45, 7) is 4.91. The van der Waals surface area contributed by atoms with Crippen LogP contribution in [-0.4, -0.2) is 22.3 Å². The molecule has 2 aromatic carbocycles. The van der Waals surface area contributed by atoms with Crippen molar-refractivity contribution in [3.63, 3.8) is 0 Å². The van der Waals surface area contributed by atoms with Crippen LogP contribution in [0.15, 0.2) is 54.6 Å². The Morgan fingerprint density at radius 1 is 1.19 bits per heavy atom. The van der Waals surface area contributed by atoms with Crippen LogP contribution in [0.3, 0.4) is 0 Å². The number of aromatic nitrogens is 2. The number of hydrogen-bond donors (Lipinski definition) is 1. The van der Waals surface area contributed by atoms with Gasteiger partial charge in [-0.3, -0.25) is 9.48 Å². The number of benzene rings is 2. The summed E-state index contributed by atoms with van der Waals surface area (Å²) in [5, 5.41) is 8.00. The standard InChI is InChI=1S/C20H20ClN3O2/c1-3-26-18-10-5-4-9-17(18)20(25)22-19-11-14(2)24(23-19)13-15-7-6-8-16(21)12-15/h4-12H,3,13H2,1-2H3,(H,22,23,25). The Labute approximate surface area is 157 Å². The Kier molecular flexibility index (Phi) is 5.58. The van der Waals surface area contributed by atoms with Crippen molar-refractivity contribution >= 4 is 23.3 Å². The van der Waals surface area contributed by atoms with Crippen molar-refractivity contribution in [2.75, 3.05) is 11.9 Å². The maximum atomic E-state index is 12.6. The molecule has 1 aromatic heterocycles. The van der Waals surface area contributed by atoms with Crippen molar-refractivity contribution < 1.29 is 9.53 Å². The molecule has 0 aliphatic heterocycles. The molecule has 0 radical (unpaired) electrons. The molecule has 0 unspecified atom stereocenters. The van der Waals surface area contributed by atoms with Crippen LogP contribution in [-0.2, 0) is 6.54 Å². The molecule has 0 fully saturated rings. The Morgan fingerprint density at radius 2 is 2.00 bits per heavy atom. The average molecular weight is 370 g/mol. The summed E-state index contributed by atoms with van der Waals surface area (Å²) in [6, 6.07) is 16.6. The third-order valence-corrected chi connectivity index (χ3v) is 4.11. The van der Waals surface area contributed by atoms with Gasteiger partial charge in [0.25, 0.3) is 5.91 Å². The minimum atomic E-state index is -0.249. The molecule has 1 amide bonds. The lowest BCUT2D eigenvalue weighted by atomic mass is 10.2. The van der Waals surface area contributed by atoms with Gasteiger partial charge in [0.1, 0.15) is 5.75 Å². The summed E-state index contributed by atoms with van der Waals surface area (Å²) in [4.78, 5) is 12.6. The summed E-state index contributed by atoms with van der Waals surface area (Å²) in [5.74, 6) is 0.810. The van der Waals surface area contributed by atoms with E-state index in [0.717, 1.165) is 11.3 Å². The van der Waals surface area contributed by atoms with Crippen LogP contribution in [0.2, 0.25) is 5.02 Å². The summed E-state index contributed by atoms with van der Waals surface area (Å²) in [6.07, 6.45) is 0. The zero-order valence-electron chi connectivity index (χ0n) is 14.7. The number of anilines is 1. The Bertz CT molecular complexity index is 921. The molecule has 1 heterocycles. The number of carbonyl (C=O) groups excluding carboxylic acids is 1. The van der Waals surface area contributed by atoms with Crippen LogP contribution in [0.1, 0.15) is 28.5 Å². The van der Waals surface area contributed by atoms with E-state index < -0.39 is 0 Å². The first kappa shape index (κ1) is 18.0. The molecule has 0 saturated carbocycles. The Hall–Kier alpha value is -2.79. The monoisotopic (exact) mass is 369 g/mol. The molecule has 0 saturated heterocycles. The van der Waals surface area contributed by atoms with Crippen molar-refractivity contribution in [2.45, 2.75) is 20.4 Å². The number of nitrogens with zero attached hydrogens (tertiary/aromatic N) is 2. The van der Waals surface area contributed by atoms with E-state index in [1.807, 2.05) is 54.9 Å². The Morgan fingerprint density at radius 3 is 2.77 bits per heavy atom. The molecule has 134 valence electrons. The highest BCUT2D eigenvalue weighted by Gasteiger charge is 2.14. The minimum Gasteiger partial charge on any atom is -0.493 e. The van der Waals surface area contributed by atoms with Gasteiger partial charge in [-0.05, 0) is 43.7 Å². The first-order chi connectivity index (χ1) is 12.6. The number of aryl methyl sites for hydroxylation is 1. The van der Waals surface area contributed by atoms with Gasteiger partial charge < -0.3 is 10.1 Å². The largest absolute Gasteiger partial charge is 0.493 e. The third-order valence-electron chi connectivity index (χ3n) is 3.88. The van der Waals surface area contributed by atoms with Gasteiger partial charge in [-0.15, -0.1) is 0 Å². The molecule has 5 nitrogen and oxygen atoms in total. The molecule has 0 aliphatic rings. The van der Waals surface area contributed by atoms with E-state index in [1.165, 1.54) is 0 Å². The number of rotatable bonds is 6. The second-order valence-electron chi connectivity index (χ2n) is 5.84. The summed E-state index contributed by atoms with van der Waals surface area (Å²) in [7, 11) is 0. The normalized spacial score (nSPS) is 10.6. The maximum absolute atomic E-state index is 12.6. The van der Waals surface area contributed by atoms with E-state index in [2.05, 4.69) is 10.4 Å². The molecule has 0 aliphatic carbocycles. The van der Waals surface area contributed by atoms with E-state index in [1.54, 1.807) is 18.2 Å². The maximum Gasteiger partial charge on any atom is 0.260 e. The number of para-hydroxylation sites is 1. The fourth-order valence-corrected chi connectivity index (χ4v) is 2.87. The smallest absolute Gasteiger partial charge is 0.260 e. The van der Waals surface area contributed by atoms with E-state index in [9.17, 15) is 4.79 Å². The predicted octanol–water partition coefficient (Wildman–Crippen LogP) is 4.54. The molecule has 26 heavy (non-hydrogen) atoms. The third kappa shape index (κ3) is 4.24. The van der Waals surface area contributed by atoms with Crippen LogP contribution in [0.5, 0.6) is 5.75 Å². The number of carbonyl (C=O) groups is 1. The minimum absolute atomic E-state index is 0.249. The van der Waals surface area contributed by atoms with Gasteiger partial charge in [-0.2, -0.15) is 5.10 Å². The fraction of sp³-hybridized carbons (Fsp3) is 0.200. The molecule has 0 atom stereocenters. The lowest BCUT2D eigenvalue weighted by Crippen LogP contribution is -2.14. The summed E-state index contributed by atoms with van der Waals surface area (Å²) < 4.78 is 7.35. The molecular weight excluding hydrogens is 350 g/mol. The van der Waals surface area contributed by atoms with Gasteiger partial charge in [0.05, 0.1) is 18.7 Å². The number of ether oxygens (including phenoxy) is 1. The van der Waals surface area contributed by atoms with E-state index in [-0.39, 0.29) is 5.91 Å². The van der Waals surface area contributed by atoms with Crippen molar-refractivity contribution in [1.29, 1.82) is 0 Å². The molecule has 0 bridgehead atoms. The van der Waals surface area contributed by atoms with Gasteiger partial charge in [0.2, 0.25) is 0 Å². The molecule has 1 N–H and O–H groups in total. The first-order valence-electron chi connectivity index (χ1n) is 8.39.